The molecule has 1 saturated heterocycles. The monoisotopic (exact) mass is 373 g/mol. The maximum Gasteiger partial charge on any atom is 0.387 e. The third-order valence-electron chi connectivity index (χ3n) is 4.56. The Morgan fingerprint density at radius 3 is 2.67 bits per heavy atom. The number of para-hydroxylation sites is 1. The summed E-state index contributed by atoms with van der Waals surface area (Å²) in [5.41, 5.74) is 1.46. The van der Waals surface area contributed by atoms with E-state index in [1.54, 1.807) is 17.0 Å². The SMILES string of the molecule is COc1cccc(/C=C\C(=O)N2CCC[C@@H]2c2ccccc2)c1OC(F)F. The Morgan fingerprint density at radius 2 is 1.96 bits per heavy atom. The third kappa shape index (κ3) is 4.45. The summed E-state index contributed by atoms with van der Waals surface area (Å²) < 4.78 is 35.1. The maximum absolute atomic E-state index is 12.7. The van der Waals surface area contributed by atoms with Crippen LogP contribution in [-0.4, -0.2) is 31.1 Å². The van der Waals surface area contributed by atoms with E-state index in [1.807, 2.05) is 30.3 Å². The summed E-state index contributed by atoms with van der Waals surface area (Å²) in [6, 6.07) is 14.7. The average molecular weight is 373 g/mol. The van der Waals surface area contributed by atoms with Crippen LogP contribution in [0.5, 0.6) is 11.5 Å². The van der Waals surface area contributed by atoms with Crippen molar-refractivity contribution in [1.29, 1.82) is 0 Å². The molecule has 0 saturated carbocycles. The summed E-state index contributed by atoms with van der Waals surface area (Å²) in [5.74, 6) is -0.0551. The Bertz CT molecular complexity index is 808. The minimum atomic E-state index is -2.98. The van der Waals surface area contributed by atoms with Crippen molar-refractivity contribution in [3.05, 3.63) is 65.7 Å². The van der Waals surface area contributed by atoms with Crippen molar-refractivity contribution in [2.24, 2.45) is 0 Å². The van der Waals surface area contributed by atoms with E-state index in [4.69, 9.17) is 4.74 Å². The number of hydrogen-bond donors (Lipinski definition) is 0. The predicted molar refractivity (Wildman–Crippen MR) is 98.8 cm³/mol. The maximum atomic E-state index is 12.7. The number of halogens is 2. The largest absolute Gasteiger partial charge is 0.493 e. The van der Waals surface area contributed by atoms with Crippen molar-refractivity contribution in [3.8, 4) is 11.5 Å². The number of carbonyl (C=O) groups is 1. The number of ether oxygens (including phenoxy) is 2. The number of methoxy groups -OCH3 is 1. The highest BCUT2D eigenvalue weighted by molar-refractivity contribution is 5.92. The first-order valence-corrected chi connectivity index (χ1v) is 8.75. The molecule has 6 heteroatoms. The zero-order valence-electron chi connectivity index (χ0n) is 15.0. The standard InChI is InChI=1S/C21H21F2NO3/c1-26-18-11-5-9-16(20(18)27-21(22)23)12-13-19(25)24-14-6-10-17(24)15-7-3-2-4-8-15/h2-5,7-9,11-13,17,21H,6,10,14H2,1H3/b13-12-/t17-/m1/s1. The van der Waals surface area contributed by atoms with Crippen LogP contribution < -0.4 is 9.47 Å². The fourth-order valence-electron chi connectivity index (χ4n) is 3.35. The zero-order valence-corrected chi connectivity index (χ0v) is 15.0. The summed E-state index contributed by atoms with van der Waals surface area (Å²) in [6.45, 7) is -2.31. The first-order chi connectivity index (χ1) is 13.1. The van der Waals surface area contributed by atoms with E-state index in [0.29, 0.717) is 12.1 Å². The van der Waals surface area contributed by atoms with Gasteiger partial charge in [-0.2, -0.15) is 8.78 Å². The molecule has 1 aliphatic rings. The predicted octanol–water partition coefficient (Wildman–Crippen LogP) is 4.67. The van der Waals surface area contributed by atoms with Crippen molar-refractivity contribution < 1.29 is 23.0 Å². The van der Waals surface area contributed by atoms with Crippen molar-refractivity contribution in [3.63, 3.8) is 0 Å². The fraction of sp³-hybridized carbons (Fsp3) is 0.286. The molecule has 142 valence electrons. The molecule has 0 aliphatic carbocycles. The van der Waals surface area contributed by atoms with Crippen LogP contribution in [-0.2, 0) is 4.79 Å². The molecule has 0 aromatic heterocycles. The summed E-state index contributed by atoms with van der Waals surface area (Å²) in [4.78, 5) is 14.5. The molecule has 0 radical (unpaired) electrons. The van der Waals surface area contributed by atoms with E-state index >= 15 is 0 Å². The number of likely N-dealkylation sites (tertiary alicyclic amines) is 1. The lowest BCUT2D eigenvalue weighted by molar-refractivity contribution is -0.126. The minimum Gasteiger partial charge on any atom is -0.493 e. The molecule has 0 unspecified atom stereocenters. The number of carbonyl (C=O) groups excluding carboxylic acids is 1. The van der Waals surface area contributed by atoms with Gasteiger partial charge in [-0.05, 0) is 30.5 Å². The van der Waals surface area contributed by atoms with Crippen LogP contribution in [0.25, 0.3) is 6.08 Å². The molecule has 4 nitrogen and oxygen atoms in total. The molecular formula is C21H21F2NO3. The number of hydrogen-bond acceptors (Lipinski definition) is 3. The van der Waals surface area contributed by atoms with Gasteiger partial charge in [-0.15, -0.1) is 0 Å². The quantitative estimate of drug-likeness (QED) is 0.691. The highest BCUT2D eigenvalue weighted by atomic mass is 19.3. The number of benzene rings is 2. The first kappa shape index (κ1) is 18.9. The van der Waals surface area contributed by atoms with E-state index < -0.39 is 6.61 Å². The van der Waals surface area contributed by atoms with Crippen molar-refractivity contribution in [2.45, 2.75) is 25.5 Å². The van der Waals surface area contributed by atoms with Crippen molar-refractivity contribution in [1.82, 2.24) is 4.90 Å². The van der Waals surface area contributed by atoms with Crippen LogP contribution in [0.1, 0.15) is 30.0 Å². The Hall–Kier alpha value is -2.89. The second-order valence-corrected chi connectivity index (χ2v) is 6.19. The molecule has 1 atom stereocenters. The number of rotatable bonds is 6. The lowest BCUT2D eigenvalue weighted by Crippen LogP contribution is -2.28. The first-order valence-electron chi connectivity index (χ1n) is 8.75. The number of alkyl halides is 2. The molecule has 1 aliphatic heterocycles. The Labute approximate surface area is 157 Å². The van der Waals surface area contributed by atoms with Gasteiger partial charge in [-0.1, -0.05) is 42.5 Å². The van der Waals surface area contributed by atoms with Crippen molar-refractivity contribution in [2.75, 3.05) is 13.7 Å². The molecule has 1 amide bonds. The third-order valence-corrected chi connectivity index (χ3v) is 4.56. The average Bonchev–Trinajstić information content (AvgIpc) is 3.17. The lowest BCUT2D eigenvalue weighted by atomic mass is 10.0. The van der Waals surface area contributed by atoms with Gasteiger partial charge in [0.05, 0.1) is 13.2 Å². The van der Waals surface area contributed by atoms with E-state index in [-0.39, 0.29) is 23.4 Å². The molecule has 0 N–H and O–H groups in total. The van der Waals surface area contributed by atoms with Gasteiger partial charge >= 0.3 is 6.61 Å². The second kappa shape index (κ2) is 8.66. The molecule has 2 aromatic rings. The van der Waals surface area contributed by atoms with Crippen LogP contribution in [0, 0.1) is 0 Å². The summed E-state index contributed by atoms with van der Waals surface area (Å²) in [6.07, 6.45) is 4.72. The highest BCUT2D eigenvalue weighted by Gasteiger charge is 2.28. The second-order valence-electron chi connectivity index (χ2n) is 6.19. The molecule has 3 rings (SSSR count). The molecule has 1 heterocycles. The summed E-state index contributed by atoms with van der Waals surface area (Å²) in [5, 5.41) is 0. The summed E-state index contributed by atoms with van der Waals surface area (Å²) >= 11 is 0. The number of amides is 1. The molecule has 1 fully saturated rings. The van der Waals surface area contributed by atoms with E-state index in [9.17, 15) is 13.6 Å². The lowest BCUT2D eigenvalue weighted by Gasteiger charge is -2.23. The minimum absolute atomic E-state index is 0.0328. The van der Waals surface area contributed by atoms with Gasteiger partial charge in [-0.3, -0.25) is 4.79 Å². The topological polar surface area (TPSA) is 38.8 Å². The molecule has 0 bridgehead atoms. The van der Waals surface area contributed by atoms with Gasteiger partial charge in [0.15, 0.2) is 11.5 Å². The van der Waals surface area contributed by atoms with Crippen LogP contribution in [0.4, 0.5) is 8.78 Å². The van der Waals surface area contributed by atoms with Crippen LogP contribution in [0.15, 0.2) is 54.6 Å². The van der Waals surface area contributed by atoms with E-state index in [0.717, 1.165) is 18.4 Å². The fourth-order valence-corrected chi connectivity index (χ4v) is 3.35. The van der Waals surface area contributed by atoms with E-state index in [1.165, 1.54) is 25.3 Å². The van der Waals surface area contributed by atoms with Gasteiger partial charge in [0.25, 0.3) is 0 Å². The van der Waals surface area contributed by atoms with E-state index in [2.05, 4.69) is 4.74 Å². The molecular weight excluding hydrogens is 352 g/mol. The van der Waals surface area contributed by atoms with Gasteiger partial charge in [0.1, 0.15) is 0 Å². The Morgan fingerprint density at radius 1 is 1.19 bits per heavy atom. The van der Waals surface area contributed by atoms with Crippen LogP contribution in [0.3, 0.4) is 0 Å². The van der Waals surface area contributed by atoms with Gasteiger partial charge in [0, 0.05) is 18.2 Å². The van der Waals surface area contributed by atoms with Crippen LogP contribution in [0.2, 0.25) is 0 Å². The van der Waals surface area contributed by atoms with Crippen LogP contribution >= 0.6 is 0 Å². The normalized spacial score (nSPS) is 16.9. The zero-order chi connectivity index (χ0) is 19.2. The molecule has 0 spiro atoms. The Kier molecular flexibility index (Phi) is 6.06. The highest BCUT2D eigenvalue weighted by Crippen LogP contribution is 2.34. The number of nitrogens with zero attached hydrogens (tertiary/aromatic N) is 1. The smallest absolute Gasteiger partial charge is 0.387 e. The Balaban J connectivity index is 1.80. The molecule has 27 heavy (non-hydrogen) atoms. The molecule has 2 aromatic carbocycles. The van der Waals surface area contributed by atoms with Crippen molar-refractivity contribution >= 4 is 12.0 Å². The van der Waals surface area contributed by atoms with Gasteiger partial charge in [-0.25, -0.2) is 0 Å². The van der Waals surface area contributed by atoms with Gasteiger partial charge in [0.2, 0.25) is 5.91 Å². The summed E-state index contributed by atoms with van der Waals surface area (Å²) in [7, 11) is 1.38. The van der Waals surface area contributed by atoms with Gasteiger partial charge < -0.3 is 14.4 Å².